The Morgan fingerprint density at radius 1 is 1.21 bits per heavy atom. The number of halogens is 1. The first-order valence-electron chi connectivity index (χ1n) is 7.52. The molecule has 0 bridgehead atoms. The molecule has 7 nitrogen and oxygen atoms in total. The predicted molar refractivity (Wildman–Crippen MR) is 96.3 cm³/mol. The minimum absolute atomic E-state index is 0.00934. The van der Waals surface area contributed by atoms with Crippen LogP contribution in [0.2, 0.25) is 0 Å². The summed E-state index contributed by atoms with van der Waals surface area (Å²) in [6.07, 6.45) is 2.19. The van der Waals surface area contributed by atoms with Crippen molar-refractivity contribution in [2.75, 3.05) is 13.1 Å². The highest BCUT2D eigenvalue weighted by Gasteiger charge is 2.35. The molecule has 1 aliphatic rings. The molecule has 128 valence electrons. The van der Waals surface area contributed by atoms with E-state index < -0.39 is 15.1 Å². The minimum Gasteiger partial charge on any atom is -0.339 e. The van der Waals surface area contributed by atoms with E-state index in [-0.39, 0.29) is 11.1 Å². The summed E-state index contributed by atoms with van der Waals surface area (Å²) in [7, 11) is -1.90. The third-order valence-corrected chi connectivity index (χ3v) is 7.13. The van der Waals surface area contributed by atoms with Gasteiger partial charge in [0.25, 0.3) is 5.91 Å². The third kappa shape index (κ3) is 3.32. The fourth-order valence-corrected chi connectivity index (χ4v) is 4.92. The highest BCUT2D eigenvalue weighted by Crippen LogP contribution is 2.24. The van der Waals surface area contributed by atoms with Crippen LogP contribution in [0.3, 0.4) is 0 Å². The van der Waals surface area contributed by atoms with Gasteiger partial charge < -0.3 is 9.47 Å². The van der Waals surface area contributed by atoms with Crippen molar-refractivity contribution in [3.8, 4) is 0 Å². The first-order chi connectivity index (χ1) is 11.4. The number of hydrogen-bond acceptors (Lipinski definition) is 5. The Labute approximate surface area is 154 Å². The molecule has 24 heavy (non-hydrogen) atoms. The second kappa shape index (κ2) is 6.79. The average Bonchev–Trinajstić information content (AvgIpc) is 3.02. The van der Waals surface area contributed by atoms with E-state index in [0.717, 1.165) is 3.57 Å². The van der Waals surface area contributed by atoms with Gasteiger partial charge in [-0.2, -0.15) is 0 Å². The number of benzene rings is 1. The van der Waals surface area contributed by atoms with Crippen LogP contribution in [0.1, 0.15) is 23.2 Å². The lowest BCUT2D eigenvalue weighted by atomic mass is 10.1. The molecule has 1 amide bonds. The molecule has 0 radical (unpaired) electrons. The molecule has 1 saturated heterocycles. The van der Waals surface area contributed by atoms with Crippen molar-refractivity contribution >= 4 is 38.3 Å². The number of amides is 1. The Bertz CT molecular complexity index is 840. The molecule has 9 heteroatoms. The van der Waals surface area contributed by atoms with Crippen molar-refractivity contribution in [3.63, 3.8) is 0 Å². The lowest BCUT2D eigenvalue weighted by Gasteiger charge is -2.31. The van der Waals surface area contributed by atoms with Gasteiger partial charge in [-0.25, -0.2) is 8.42 Å². The number of likely N-dealkylation sites (tertiary alicyclic amines) is 1. The quantitative estimate of drug-likeness (QED) is 0.649. The van der Waals surface area contributed by atoms with Gasteiger partial charge in [-0.3, -0.25) is 4.79 Å². The zero-order chi connectivity index (χ0) is 17.3. The number of aryl methyl sites for hydroxylation is 1. The maximum Gasteiger partial charge on any atom is 0.253 e. The van der Waals surface area contributed by atoms with E-state index in [0.29, 0.717) is 31.5 Å². The van der Waals surface area contributed by atoms with E-state index >= 15 is 0 Å². The molecule has 0 unspecified atom stereocenters. The zero-order valence-electron chi connectivity index (χ0n) is 13.1. The van der Waals surface area contributed by atoms with Gasteiger partial charge >= 0.3 is 0 Å². The van der Waals surface area contributed by atoms with Crippen LogP contribution in [0, 0.1) is 3.57 Å². The molecular weight excluding hydrogens is 443 g/mol. The van der Waals surface area contributed by atoms with Crippen molar-refractivity contribution < 1.29 is 13.2 Å². The average molecular weight is 460 g/mol. The first kappa shape index (κ1) is 17.3. The normalized spacial score (nSPS) is 16.3. The smallest absolute Gasteiger partial charge is 0.253 e. The van der Waals surface area contributed by atoms with Gasteiger partial charge in [-0.15, -0.1) is 10.2 Å². The van der Waals surface area contributed by atoms with Crippen LogP contribution in [-0.2, 0) is 16.9 Å². The Kier molecular flexibility index (Phi) is 4.90. The number of nitrogens with zero attached hydrogens (tertiary/aromatic N) is 4. The molecule has 0 saturated carbocycles. The number of hydrogen-bond donors (Lipinski definition) is 0. The molecule has 2 heterocycles. The minimum atomic E-state index is -3.52. The Morgan fingerprint density at radius 3 is 2.38 bits per heavy atom. The number of carbonyl (C=O) groups is 1. The lowest BCUT2D eigenvalue weighted by molar-refractivity contribution is 0.0725. The summed E-state index contributed by atoms with van der Waals surface area (Å²) in [5, 5.41) is 6.82. The van der Waals surface area contributed by atoms with Gasteiger partial charge in [-0.05, 0) is 59.7 Å². The molecule has 0 aliphatic carbocycles. The van der Waals surface area contributed by atoms with Crippen LogP contribution in [-0.4, -0.2) is 52.3 Å². The molecule has 1 aromatic heterocycles. The standard InChI is InChI=1S/C15H17IN4O3S/c1-19-10-17-18-15(19)24(22,23)13-6-8-20(9-7-13)14(21)11-2-4-12(16)5-3-11/h2-5,10,13H,6-9H2,1H3. The highest BCUT2D eigenvalue weighted by atomic mass is 127. The Balaban J connectivity index is 1.69. The molecule has 1 aromatic carbocycles. The maximum absolute atomic E-state index is 12.6. The van der Waals surface area contributed by atoms with Crippen LogP contribution in [0.4, 0.5) is 0 Å². The number of aromatic nitrogens is 3. The van der Waals surface area contributed by atoms with Gasteiger partial charge in [0.05, 0.1) is 5.25 Å². The fraction of sp³-hybridized carbons (Fsp3) is 0.400. The number of sulfone groups is 1. The first-order valence-corrected chi connectivity index (χ1v) is 10.1. The summed E-state index contributed by atoms with van der Waals surface area (Å²) in [4.78, 5) is 14.2. The molecule has 0 atom stereocenters. The van der Waals surface area contributed by atoms with E-state index in [2.05, 4.69) is 32.8 Å². The van der Waals surface area contributed by atoms with Gasteiger partial charge in [0.15, 0.2) is 0 Å². The van der Waals surface area contributed by atoms with Gasteiger partial charge in [0.2, 0.25) is 15.0 Å². The Morgan fingerprint density at radius 2 is 1.83 bits per heavy atom. The summed E-state index contributed by atoms with van der Waals surface area (Å²) in [5.74, 6) is -0.0547. The van der Waals surface area contributed by atoms with Crippen molar-refractivity contribution in [2.45, 2.75) is 23.2 Å². The van der Waals surface area contributed by atoms with Crippen molar-refractivity contribution in [1.82, 2.24) is 19.7 Å². The fourth-order valence-electron chi connectivity index (χ4n) is 2.82. The number of piperidine rings is 1. The summed E-state index contributed by atoms with van der Waals surface area (Å²) >= 11 is 2.19. The van der Waals surface area contributed by atoms with Crippen LogP contribution >= 0.6 is 22.6 Å². The van der Waals surface area contributed by atoms with E-state index in [4.69, 9.17) is 0 Å². The number of carbonyl (C=O) groups excluding carboxylic acids is 1. The monoisotopic (exact) mass is 460 g/mol. The Hall–Kier alpha value is -1.49. The summed E-state index contributed by atoms with van der Waals surface area (Å²) in [5.41, 5.74) is 0.630. The van der Waals surface area contributed by atoms with Gasteiger partial charge in [-0.1, -0.05) is 0 Å². The van der Waals surface area contributed by atoms with Gasteiger partial charge in [0.1, 0.15) is 6.33 Å². The zero-order valence-corrected chi connectivity index (χ0v) is 16.1. The summed E-state index contributed by atoms with van der Waals surface area (Å²) < 4.78 is 27.7. The van der Waals surface area contributed by atoms with Crippen molar-refractivity contribution in [2.24, 2.45) is 7.05 Å². The topological polar surface area (TPSA) is 85.2 Å². The lowest BCUT2D eigenvalue weighted by Crippen LogP contribution is -2.42. The van der Waals surface area contributed by atoms with Crippen molar-refractivity contribution in [1.29, 1.82) is 0 Å². The van der Waals surface area contributed by atoms with Crippen LogP contribution < -0.4 is 0 Å². The SMILES string of the molecule is Cn1cnnc1S(=O)(=O)C1CCN(C(=O)c2ccc(I)cc2)CC1. The van der Waals surface area contributed by atoms with E-state index in [1.54, 1.807) is 24.1 Å². The van der Waals surface area contributed by atoms with E-state index in [1.807, 2.05) is 12.1 Å². The summed E-state index contributed by atoms with van der Waals surface area (Å²) in [6.45, 7) is 0.846. The van der Waals surface area contributed by atoms with E-state index in [9.17, 15) is 13.2 Å². The number of rotatable bonds is 3. The molecule has 0 N–H and O–H groups in total. The molecule has 3 rings (SSSR count). The molecule has 2 aromatic rings. The van der Waals surface area contributed by atoms with E-state index in [1.165, 1.54) is 10.9 Å². The van der Waals surface area contributed by atoms with Crippen LogP contribution in [0.15, 0.2) is 35.7 Å². The maximum atomic E-state index is 12.6. The second-order valence-electron chi connectivity index (χ2n) is 5.77. The van der Waals surface area contributed by atoms with Crippen molar-refractivity contribution in [3.05, 3.63) is 39.7 Å². The molecule has 0 spiro atoms. The second-order valence-corrected chi connectivity index (χ2v) is 9.14. The molecule has 1 aliphatic heterocycles. The van der Waals surface area contributed by atoms with Crippen LogP contribution in [0.5, 0.6) is 0 Å². The van der Waals surface area contributed by atoms with Crippen LogP contribution in [0.25, 0.3) is 0 Å². The summed E-state index contributed by atoms with van der Waals surface area (Å²) in [6, 6.07) is 7.37. The highest BCUT2D eigenvalue weighted by molar-refractivity contribution is 14.1. The van der Waals surface area contributed by atoms with Gasteiger partial charge in [0, 0.05) is 29.3 Å². The molecule has 1 fully saturated rings. The largest absolute Gasteiger partial charge is 0.339 e. The molecular formula is C15H17IN4O3S. The predicted octanol–water partition coefficient (Wildman–Crippen LogP) is 1.50. The third-order valence-electron chi connectivity index (χ3n) is 4.18.